The lowest BCUT2D eigenvalue weighted by molar-refractivity contribution is -0.131. The van der Waals surface area contributed by atoms with E-state index in [9.17, 15) is 4.79 Å². The predicted molar refractivity (Wildman–Crippen MR) is 241 cm³/mol. The molecule has 4 aliphatic rings. The number of carbonyl (C=O) groups excluding carboxylic acids is 1. The minimum atomic E-state index is -0.246. The number of nitrogens with two attached hydrogens (primary N) is 2. The minimum Gasteiger partial charge on any atom is -0.343 e. The summed E-state index contributed by atoms with van der Waals surface area (Å²) in [4.78, 5) is 15.5. The molecule has 0 aromatic carbocycles. The number of amides is 1. The number of halogens is 2. The Kier molecular flexibility index (Phi) is 20.5. The van der Waals surface area contributed by atoms with Crippen LogP contribution in [0.4, 0.5) is 0 Å². The molecule has 0 radical (unpaired) electrons. The maximum absolute atomic E-state index is 13.4. The van der Waals surface area contributed by atoms with Crippen LogP contribution in [-0.2, 0) is 4.79 Å². The molecule has 4 nitrogen and oxygen atoms in total. The van der Waals surface area contributed by atoms with E-state index in [1.165, 1.54) is 96.3 Å². The van der Waals surface area contributed by atoms with E-state index in [1.807, 2.05) is 10.8 Å². The zero-order valence-electron chi connectivity index (χ0n) is 35.8. The highest BCUT2D eigenvalue weighted by Crippen LogP contribution is 2.67. The average molecular weight is 819 g/mol. The molecule has 4 aliphatic carbocycles. The van der Waals surface area contributed by atoms with Gasteiger partial charge in [0, 0.05) is 41.6 Å². The van der Waals surface area contributed by atoms with Gasteiger partial charge in [-0.25, -0.2) is 0 Å². The van der Waals surface area contributed by atoms with Crippen LogP contribution in [0.3, 0.4) is 0 Å². The molecule has 0 bridgehead atoms. The number of rotatable bonds is 21. The van der Waals surface area contributed by atoms with Gasteiger partial charge in [0.05, 0.1) is 0 Å². The fourth-order valence-corrected chi connectivity index (χ4v) is 14.0. The summed E-state index contributed by atoms with van der Waals surface area (Å²) in [6.07, 6.45) is 26.7. The quantitative estimate of drug-likeness (QED) is 0.0686. The van der Waals surface area contributed by atoms with Crippen LogP contribution in [0.25, 0.3) is 0 Å². The van der Waals surface area contributed by atoms with Crippen molar-refractivity contribution in [2.75, 3.05) is 18.8 Å². The number of allylic oxidation sites excluding steroid dienone is 2. The van der Waals surface area contributed by atoms with Gasteiger partial charge in [0.15, 0.2) is 0 Å². The lowest BCUT2D eigenvalue weighted by Crippen LogP contribution is -2.50. The molecular formula is C45H85Cl2N3OS2. The largest absolute Gasteiger partial charge is 0.343 e. The number of nitrogens with zero attached hydrogens (tertiary/aromatic N) is 1. The summed E-state index contributed by atoms with van der Waals surface area (Å²) in [6.45, 7) is 22.8. The van der Waals surface area contributed by atoms with Gasteiger partial charge in [0.25, 0.3) is 0 Å². The van der Waals surface area contributed by atoms with Gasteiger partial charge in [0.1, 0.15) is 0 Å². The van der Waals surface area contributed by atoms with Crippen molar-refractivity contribution < 1.29 is 4.79 Å². The van der Waals surface area contributed by atoms with Crippen LogP contribution in [0.15, 0.2) is 11.6 Å². The van der Waals surface area contributed by atoms with Crippen molar-refractivity contribution in [3.05, 3.63) is 11.6 Å². The maximum Gasteiger partial charge on any atom is 0.223 e. The molecule has 0 aliphatic heterocycles. The highest BCUT2D eigenvalue weighted by atomic mass is 35.5. The van der Waals surface area contributed by atoms with Crippen molar-refractivity contribution in [1.82, 2.24) is 4.90 Å². The fourth-order valence-electron chi connectivity index (χ4n) is 11.4. The molecule has 3 fully saturated rings. The van der Waals surface area contributed by atoms with Gasteiger partial charge in [-0.3, -0.25) is 4.79 Å². The van der Waals surface area contributed by atoms with Gasteiger partial charge in [-0.2, -0.15) is 0 Å². The van der Waals surface area contributed by atoms with Crippen molar-refractivity contribution >= 4 is 52.3 Å². The Hall–Kier alpha value is 0.410. The second-order valence-corrected chi connectivity index (χ2v) is 23.2. The Morgan fingerprint density at radius 2 is 1.53 bits per heavy atom. The standard InChI is InChI=1S/C45H83N3OS2.2ClH/c1-33(2)16-15-17-34(3)38-20-21-39-37-19-18-35-32-36(22-26-44(35,8)40(37)23-27-45(38,39)9)51-50-31-24-41(49)48(30-28-43(6,7)47)29-14-12-10-11-13-25-42(4,5)46;;/h18,33-34,36-40H,10-17,19-32,46-47H2,1-9H3;2*1H/t34?,36-,37-,38+,39-,40-,44-,45+;;/m0../s1. The van der Waals surface area contributed by atoms with E-state index in [1.54, 1.807) is 5.57 Å². The van der Waals surface area contributed by atoms with Crippen LogP contribution in [0.1, 0.15) is 184 Å². The van der Waals surface area contributed by atoms with Gasteiger partial charge >= 0.3 is 0 Å². The summed E-state index contributed by atoms with van der Waals surface area (Å²) < 4.78 is 0. The highest BCUT2D eigenvalue weighted by molar-refractivity contribution is 8.76. The van der Waals surface area contributed by atoms with E-state index in [0.29, 0.717) is 28.4 Å². The molecule has 8 atom stereocenters. The molecule has 0 aromatic heterocycles. The first-order valence-corrected chi connectivity index (χ1v) is 24.1. The minimum absolute atomic E-state index is 0. The highest BCUT2D eigenvalue weighted by Gasteiger charge is 2.59. The molecule has 8 heteroatoms. The van der Waals surface area contributed by atoms with Crippen LogP contribution in [0, 0.1) is 46.3 Å². The molecule has 1 amide bonds. The topological polar surface area (TPSA) is 72.3 Å². The zero-order valence-corrected chi connectivity index (χ0v) is 39.1. The summed E-state index contributed by atoms with van der Waals surface area (Å²) in [6, 6.07) is 0. The van der Waals surface area contributed by atoms with Crippen molar-refractivity contribution in [1.29, 1.82) is 0 Å². The van der Waals surface area contributed by atoms with Crippen LogP contribution >= 0.6 is 46.4 Å². The second-order valence-electron chi connectivity index (χ2n) is 20.4. The third-order valence-corrected chi connectivity index (χ3v) is 17.4. The van der Waals surface area contributed by atoms with E-state index in [-0.39, 0.29) is 35.9 Å². The Bertz CT molecular complexity index is 1120. The number of carbonyl (C=O) groups is 1. The van der Waals surface area contributed by atoms with Crippen molar-refractivity contribution in [3.63, 3.8) is 0 Å². The van der Waals surface area contributed by atoms with Crippen molar-refractivity contribution in [2.45, 2.75) is 201 Å². The van der Waals surface area contributed by atoms with Gasteiger partial charge < -0.3 is 16.4 Å². The van der Waals surface area contributed by atoms with Gasteiger partial charge in [0.2, 0.25) is 5.91 Å². The SMILES string of the molecule is CC(C)CCCC(C)[C@H]1CC[C@H]2[C@@H]3CC=C4C[C@@H](SSCCC(=O)N(CCCCCCCC(C)(C)N)CCC(C)(C)N)CC[C@]4(C)[C@H]3CC[C@]12C.Cl.Cl. The number of fused-ring (bicyclic) bond motifs is 5. The summed E-state index contributed by atoms with van der Waals surface area (Å²) >= 11 is 0. The van der Waals surface area contributed by atoms with Crippen LogP contribution in [-0.4, -0.2) is 46.0 Å². The summed E-state index contributed by atoms with van der Waals surface area (Å²) in [5, 5.41) is 0.691. The van der Waals surface area contributed by atoms with E-state index in [2.05, 4.69) is 84.1 Å². The number of hydrogen-bond donors (Lipinski definition) is 2. The zero-order chi connectivity index (χ0) is 37.5. The second kappa shape index (κ2) is 22.0. The molecule has 0 aromatic rings. The molecule has 0 spiro atoms. The smallest absolute Gasteiger partial charge is 0.223 e. The first-order chi connectivity index (χ1) is 23.9. The van der Waals surface area contributed by atoms with Crippen LogP contribution in [0.2, 0.25) is 0 Å². The number of unbranched alkanes of at least 4 members (excludes halogenated alkanes) is 4. The van der Waals surface area contributed by atoms with Crippen molar-refractivity contribution in [2.24, 2.45) is 57.8 Å². The van der Waals surface area contributed by atoms with E-state index in [4.69, 9.17) is 11.5 Å². The van der Waals surface area contributed by atoms with Crippen LogP contribution in [0.5, 0.6) is 0 Å². The fraction of sp³-hybridized carbons (Fsp3) is 0.933. The molecule has 0 heterocycles. The average Bonchev–Trinajstić information content (AvgIpc) is 3.40. The van der Waals surface area contributed by atoms with E-state index >= 15 is 0 Å². The summed E-state index contributed by atoms with van der Waals surface area (Å²) in [5.41, 5.74) is 15.0. The van der Waals surface area contributed by atoms with Gasteiger partial charge in [-0.15, -0.1) is 24.8 Å². The molecular weight excluding hydrogens is 734 g/mol. The molecule has 4 N–H and O–H groups in total. The van der Waals surface area contributed by atoms with Gasteiger partial charge in [-0.1, -0.05) is 113 Å². The van der Waals surface area contributed by atoms with Gasteiger partial charge in [-0.05, 0) is 145 Å². The Morgan fingerprint density at radius 3 is 2.21 bits per heavy atom. The third-order valence-electron chi connectivity index (χ3n) is 14.5. The molecule has 1 unspecified atom stereocenters. The normalized spacial score (nSPS) is 30.3. The lowest BCUT2D eigenvalue weighted by atomic mass is 9.47. The third kappa shape index (κ3) is 14.3. The molecule has 53 heavy (non-hydrogen) atoms. The molecule has 3 saturated carbocycles. The first-order valence-electron chi connectivity index (χ1n) is 21.8. The maximum atomic E-state index is 13.4. The monoisotopic (exact) mass is 818 g/mol. The molecule has 0 saturated heterocycles. The first kappa shape index (κ1) is 49.6. The lowest BCUT2D eigenvalue weighted by Gasteiger charge is -2.58. The van der Waals surface area contributed by atoms with E-state index in [0.717, 1.165) is 73.6 Å². The predicted octanol–water partition coefficient (Wildman–Crippen LogP) is 13.0. The van der Waals surface area contributed by atoms with Crippen LogP contribution < -0.4 is 11.5 Å². The molecule has 312 valence electrons. The van der Waals surface area contributed by atoms with Crippen molar-refractivity contribution in [3.8, 4) is 0 Å². The number of hydrogen-bond acceptors (Lipinski definition) is 5. The molecule has 4 rings (SSSR count). The Labute approximate surface area is 349 Å². The Morgan fingerprint density at radius 1 is 0.849 bits per heavy atom. The van der Waals surface area contributed by atoms with E-state index < -0.39 is 0 Å². The Balaban J connectivity index is 0.00000486. The summed E-state index contributed by atoms with van der Waals surface area (Å²) in [7, 11) is 4.04. The summed E-state index contributed by atoms with van der Waals surface area (Å²) in [5.74, 6) is 6.63.